The van der Waals surface area contributed by atoms with Crippen LogP contribution in [0.4, 0.5) is 0 Å². The average molecular weight is 184 g/mol. The van der Waals surface area contributed by atoms with Crippen LogP contribution in [0.3, 0.4) is 0 Å². The molecule has 0 bridgehead atoms. The highest BCUT2D eigenvalue weighted by Crippen LogP contribution is 1.98. The minimum absolute atomic E-state index is 0.600. The van der Waals surface area contributed by atoms with Gasteiger partial charge in [0.15, 0.2) is 0 Å². The topological polar surface area (TPSA) is 15.3 Å². The van der Waals surface area contributed by atoms with Gasteiger partial charge in [-0.05, 0) is 39.4 Å². The van der Waals surface area contributed by atoms with Gasteiger partial charge < -0.3 is 10.2 Å². The molecular weight excluding hydrogens is 160 g/mol. The van der Waals surface area contributed by atoms with Crippen molar-refractivity contribution in [1.82, 2.24) is 10.2 Å². The molecule has 0 atom stereocenters. The number of likely N-dealkylation sites (N-methyl/N-ethyl adjacent to an activating group) is 1. The zero-order chi connectivity index (χ0) is 10.3. The third-order valence-electron chi connectivity index (χ3n) is 2.16. The fraction of sp³-hybridized carbons (Fsp3) is 0.818. The van der Waals surface area contributed by atoms with Gasteiger partial charge in [-0.3, -0.25) is 0 Å². The molecule has 0 radical (unpaired) electrons. The molecule has 0 aromatic heterocycles. The summed E-state index contributed by atoms with van der Waals surface area (Å²) in [4.78, 5) is 2.30. The Bertz CT molecular complexity index is 141. The van der Waals surface area contributed by atoms with Gasteiger partial charge in [-0.1, -0.05) is 13.5 Å². The summed E-state index contributed by atoms with van der Waals surface area (Å²) in [6.45, 7) is 13.7. The van der Waals surface area contributed by atoms with Crippen molar-refractivity contribution in [3.63, 3.8) is 0 Å². The van der Waals surface area contributed by atoms with Gasteiger partial charge in [-0.15, -0.1) is 0 Å². The van der Waals surface area contributed by atoms with E-state index in [4.69, 9.17) is 0 Å². The molecule has 0 aliphatic rings. The van der Waals surface area contributed by atoms with Gasteiger partial charge in [0.25, 0.3) is 0 Å². The molecule has 2 nitrogen and oxygen atoms in total. The molecule has 2 heteroatoms. The van der Waals surface area contributed by atoms with E-state index in [-0.39, 0.29) is 0 Å². The molecule has 0 aliphatic carbocycles. The highest BCUT2D eigenvalue weighted by atomic mass is 15.1. The molecule has 0 aromatic rings. The first-order valence-electron chi connectivity index (χ1n) is 5.15. The van der Waals surface area contributed by atoms with Crippen LogP contribution >= 0.6 is 0 Å². The Balaban J connectivity index is 3.50. The lowest BCUT2D eigenvalue weighted by molar-refractivity contribution is 0.295. The molecule has 0 heterocycles. The van der Waals surface area contributed by atoms with E-state index in [1.165, 1.54) is 12.0 Å². The summed E-state index contributed by atoms with van der Waals surface area (Å²) in [7, 11) is 2.13. The number of nitrogens with one attached hydrogen (secondary N) is 1. The van der Waals surface area contributed by atoms with Gasteiger partial charge in [0.05, 0.1) is 0 Å². The van der Waals surface area contributed by atoms with Crippen molar-refractivity contribution in [2.24, 2.45) is 0 Å². The fourth-order valence-electron chi connectivity index (χ4n) is 1.03. The second kappa shape index (κ2) is 7.10. The van der Waals surface area contributed by atoms with Crippen LogP contribution in [0, 0.1) is 0 Å². The summed E-state index contributed by atoms with van der Waals surface area (Å²) in [6, 6.07) is 0.600. The molecule has 0 aliphatic heterocycles. The highest BCUT2D eigenvalue weighted by molar-refractivity contribution is 4.99. The first-order chi connectivity index (χ1) is 6.07. The molecule has 0 spiro atoms. The van der Waals surface area contributed by atoms with Crippen LogP contribution in [-0.4, -0.2) is 37.6 Å². The lowest BCUT2D eigenvalue weighted by Crippen LogP contribution is -2.31. The van der Waals surface area contributed by atoms with Crippen LogP contribution in [0.1, 0.15) is 27.2 Å². The van der Waals surface area contributed by atoms with Crippen LogP contribution < -0.4 is 5.32 Å². The van der Waals surface area contributed by atoms with Crippen LogP contribution in [0.5, 0.6) is 0 Å². The zero-order valence-corrected chi connectivity index (χ0v) is 9.56. The SMILES string of the molecule is C=C(CNCCC)CN(C)C(C)C. The summed E-state index contributed by atoms with van der Waals surface area (Å²) in [6.07, 6.45) is 1.19. The van der Waals surface area contributed by atoms with E-state index in [1.54, 1.807) is 0 Å². The summed E-state index contributed by atoms with van der Waals surface area (Å²) < 4.78 is 0. The van der Waals surface area contributed by atoms with Crippen molar-refractivity contribution in [2.45, 2.75) is 33.2 Å². The van der Waals surface area contributed by atoms with E-state index in [0.717, 1.165) is 19.6 Å². The van der Waals surface area contributed by atoms with Crippen molar-refractivity contribution >= 4 is 0 Å². The molecule has 13 heavy (non-hydrogen) atoms. The fourth-order valence-corrected chi connectivity index (χ4v) is 1.03. The Morgan fingerprint density at radius 3 is 2.54 bits per heavy atom. The Morgan fingerprint density at radius 2 is 2.08 bits per heavy atom. The van der Waals surface area contributed by atoms with Crippen LogP contribution in [0.15, 0.2) is 12.2 Å². The second-order valence-corrected chi connectivity index (χ2v) is 3.94. The average Bonchev–Trinajstić information content (AvgIpc) is 2.04. The minimum Gasteiger partial charge on any atom is -0.313 e. The van der Waals surface area contributed by atoms with Gasteiger partial charge in [0.2, 0.25) is 0 Å². The molecular formula is C11H24N2. The number of hydrogen-bond donors (Lipinski definition) is 1. The molecule has 0 fully saturated rings. The first-order valence-corrected chi connectivity index (χ1v) is 5.15. The van der Waals surface area contributed by atoms with E-state index >= 15 is 0 Å². The van der Waals surface area contributed by atoms with Crippen molar-refractivity contribution in [2.75, 3.05) is 26.7 Å². The maximum Gasteiger partial charge on any atom is 0.0202 e. The lowest BCUT2D eigenvalue weighted by Gasteiger charge is -2.22. The maximum atomic E-state index is 4.04. The van der Waals surface area contributed by atoms with Gasteiger partial charge in [0, 0.05) is 19.1 Å². The van der Waals surface area contributed by atoms with Gasteiger partial charge in [-0.25, -0.2) is 0 Å². The second-order valence-electron chi connectivity index (χ2n) is 3.94. The Labute approximate surface area is 83.0 Å². The molecule has 0 aromatic carbocycles. The molecule has 1 N–H and O–H groups in total. The van der Waals surface area contributed by atoms with Crippen molar-refractivity contribution in [3.05, 3.63) is 12.2 Å². The molecule has 0 rings (SSSR count). The van der Waals surface area contributed by atoms with Gasteiger partial charge in [-0.2, -0.15) is 0 Å². The molecule has 78 valence electrons. The van der Waals surface area contributed by atoms with E-state index in [0.29, 0.717) is 6.04 Å². The van der Waals surface area contributed by atoms with Gasteiger partial charge >= 0.3 is 0 Å². The summed E-state index contributed by atoms with van der Waals surface area (Å²) in [5.74, 6) is 0. The normalized spacial score (nSPS) is 11.2. The quantitative estimate of drug-likeness (QED) is 0.480. The highest BCUT2D eigenvalue weighted by Gasteiger charge is 2.03. The van der Waals surface area contributed by atoms with E-state index < -0.39 is 0 Å². The van der Waals surface area contributed by atoms with E-state index in [9.17, 15) is 0 Å². The predicted octanol–water partition coefficient (Wildman–Crippen LogP) is 1.88. The lowest BCUT2D eigenvalue weighted by atomic mass is 10.2. The maximum absolute atomic E-state index is 4.04. The smallest absolute Gasteiger partial charge is 0.0202 e. The first kappa shape index (κ1) is 12.7. The molecule has 0 unspecified atom stereocenters. The summed E-state index contributed by atoms with van der Waals surface area (Å²) >= 11 is 0. The zero-order valence-electron chi connectivity index (χ0n) is 9.56. The molecule has 0 saturated carbocycles. The van der Waals surface area contributed by atoms with E-state index in [2.05, 4.69) is 44.6 Å². The number of hydrogen-bond acceptors (Lipinski definition) is 2. The Kier molecular flexibility index (Phi) is 6.92. The third kappa shape index (κ3) is 6.79. The largest absolute Gasteiger partial charge is 0.313 e. The number of nitrogens with zero attached hydrogens (tertiary/aromatic N) is 1. The Hall–Kier alpha value is -0.340. The minimum atomic E-state index is 0.600. The van der Waals surface area contributed by atoms with Crippen LogP contribution in [0.2, 0.25) is 0 Å². The van der Waals surface area contributed by atoms with Crippen molar-refractivity contribution < 1.29 is 0 Å². The molecule has 0 saturated heterocycles. The summed E-state index contributed by atoms with van der Waals surface area (Å²) in [5, 5.41) is 3.35. The van der Waals surface area contributed by atoms with Crippen LogP contribution in [0.25, 0.3) is 0 Å². The summed E-state index contributed by atoms with van der Waals surface area (Å²) in [5.41, 5.74) is 1.27. The standard InChI is InChI=1S/C11H24N2/c1-6-7-12-8-11(4)9-13(5)10(2)3/h10,12H,4,6-9H2,1-3,5H3. The molecule has 0 amide bonds. The monoisotopic (exact) mass is 184 g/mol. The van der Waals surface area contributed by atoms with Gasteiger partial charge in [0.1, 0.15) is 0 Å². The van der Waals surface area contributed by atoms with Crippen LogP contribution in [-0.2, 0) is 0 Å². The van der Waals surface area contributed by atoms with E-state index in [1.807, 2.05) is 0 Å². The number of rotatable bonds is 7. The van der Waals surface area contributed by atoms with Crippen molar-refractivity contribution in [1.29, 1.82) is 0 Å². The predicted molar refractivity (Wildman–Crippen MR) is 60.1 cm³/mol. The third-order valence-corrected chi connectivity index (χ3v) is 2.16. The Morgan fingerprint density at radius 1 is 1.46 bits per heavy atom. The van der Waals surface area contributed by atoms with Crippen molar-refractivity contribution in [3.8, 4) is 0 Å².